The third-order valence-corrected chi connectivity index (χ3v) is 0.757. The summed E-state index contributed by atoms with van der Waals surface area (Å²) >= 11 is 0. The Bertz CT molecular complexity index is 147. The summed E-state index contributed by atoms with van der Waals surface area (Å²) in [5.41, 5.74) is 9.52. The lowest BCUT2D eigenvalue weighted by atomic mass is 10.7. The van der Waals surface area contributed by atoms with Crippen LogP contribution in [0, 0.1) is 0 Å². The van der Waals surface area contributed by atoms with Crippen molar-refractivity contribution in [1.82, 2.24) is 0 Å². The summed E-state index contributed by atoms with van der Waals surface area (Å²) in [7, 11) is 0. The predicted molar refractivity (Wildman–Crippen MR) is 35.5 cm³/mol. The molecule has 0 aromatic rings. The number of ether oxygens (including phenoxy) is 2. The number of hydrogen-bond donors (Lipinski definition) is 2. The van der Waals surface area contributed by atoms with Gasteiger partial charge in [-0.25, -0.2) is 4.79 Å². The molecule has 0 heterocycles. The van der Waals surface area contributed by atoms with Crippen LogP contribution in [0.2, 0.25) is 0 Å². The van der Waals surface area contributed by atoms with E-state index >= 15 is 0 Å². The number of carbonyl (C=O) groups is 2. The molecule has 1 amide bonds. The molecular formula is C5H10N2O4. The van der Waals surface area contributed by atoms with Gasteiger partial charge >= 0.3 is 12.1 Å². The highest BCUT2D eigenvalue weighted by atomic mass is 16.6. The van der Waals surface area contributed by atoms with Gasteiger partial charge in [0.15, 0.2) is 0 Å². The molecule has 0 rings (SSSR count). The van der Waals surface area contributed by atoms with Crippen molar-refractivity contribution in [1.29, 1.82) is 0 Å². The minimum Gasteiger partial charge on any atom is -0.461 e. The van der Waals surface area contributed by atoms with Gasteiger partial charge in [0, 0.05) is 0 Å². The van der Waals surface area contributed by atoms with E-state index in [1.165, 1.54) is 0 Å². The van der Waals surface area contributed by atoms with Crippen molar-refractivity contribution in [3.05, 3.63) is 0 Å². The van der Waals surface area contributed by atoms with Crippen molar-refractivity contribution >= 4 is 12.1 Å². The molecule has 0 aromatic carbocycles. The Labute approximate surface area is 63.4 Å². The molecule has 0 atom stereocenters. The van der Waals surface area contributed by atoms with Crippen LogP contribution < -0.4 is 11.5 Å². The lowest BCUT2D eigenvalue weighted by Gasteiger charge is -2.01. The van der Waals surface area contributed by atoms with Crippen molar-refractivity contribution in [2.75, 3.05) is 19.8 Å². The highest BCUT2D eigenvalue weighted by molar-refractivity contribution is 5.71. The van der Waals surface area contributed by atoms with Crippen LogP contribution in [0.4, 0.5) is 4.79 Å². The first-order valence-corrected chi connectivity index (χ1v) is 2.94. The largest absolute Gasteiger partial charge is 0.461 e. The Hall–Kier alpha value is -1.30. The van der Waals surface area contributed by atoms with Gasteiger partial charge in [-0.2, -0.15) is 0 Å². The molecule has 0 bridgehead atoms. The molecule has 0 unspecified atom stereocenters. The van der Waals surface area contributed by atoms with Gasteiger partial charge in [0.05, 0.1) is 6.54 Å². The van der Waals surface area contributed by atoms with Crippen LogP contribution in [-0.2, 0) is 14.3 Å². The van der Waals surface area contributed by atoms with Gasteiger partial charge in [0.2, 0.25) is 0 Å². The molecular weight excluding hydrogens is 152 g/mol. The molecule has 0 aliphatic rings. The number of hydrogen-bond acceptors (Lipinski definition) is 5. The van der Waals surface area contributed by atoms with Gasteiger partial charge in [0.1, 0.15) is 13.2 Å². The van der Waals surface area contributed by atoms with Crippen LogP contribution in [0.25, 0.3) is 0 Å². The molecule has 0 saturated heterocycles. The fourth-order valence-corrected chi connectivity index (χ4v) is 0.357. The molecule has 6 heteroatoms. The van der Waals surface area contributed by atoms with Crippen molar-refractivity contribution in [2.24, 2.45) is 11.5 Å². The molecule has 0 radical (unpaired) electrons. The number of rotatable bonds is 4. The van der Waals surface area contributed by atoms with Gasteiger partial charge in [-0.05, 0) is 0 Å². The molecule has 0 aromatic heterocycles. The van der Waals surface area contributed by atoms with E-state index < -0.39 is 12.1 Å². The molecule has 6 nitrogen and oxygen atoms in total. The fraction of sp³-hybridized carbons (Fsp3) is 0.600. The molecule has 64 valence electrons. The number of primary amides is 1. The van der Waals surface area contributed by atoms with E-state index in [-0.39, 0.29) is 19.8 Å². The molecule has 0 aliphatic heterocycles. The third-order valence-electron chi connectivity index (χ3n) is 0.757. The summed E-state index contributed by atoms with van der Waals surface area (Å²) in [5, 5.41) is 0. The number of carbonyl (C=O) groups excluding carboxylic acids is 2. The van der Waals surface area contributed by atoms with Crippen molar-refractivity contribution in [3.8, 4) is 0 Å². The predicted octanol–water partition coefficient (Wildman–Crippen LogP) is -1.42. The maximum atomic E-state index is 10.3. The average molecular weight is 162 g/mol. The zero-order chi connectivity index (χ0) is 8.69. The summed E-state index contributed by atoms with van der Waals surface area (Å²) in [6.07, 6.45) is -0.895. The number of esters is 1. The zero-order valence-electron chi connectivity index (χ0n) is 5.91. The van der Waals surface area contributed by atoms with Crippen LogP contribution in [0.3, 0.4) is 0 Å². The lowest BCUT2D eigenvalue weighted by molar-refractivity contribution is -0.142. The van der Waals surface area contributed by atoms with E-state index in [0.717, 1.165) is 0 Å². The Balaban J connectivity index is 3.14. The maximum absolute atomic E-state index is 10.3. The highest BCUT2D eigenvalue weighted by Gasteiger charge is 1.98. The van der Waals surface area contributed by atoms with Crippen molar-refractivity contribution < 1.29 is 19.1 Å². The summed E-state index contributed by atoms with van der Waals surface area (Å²) in [5.74, 6) is -0.543. The minimum atomic E-state index is -0.895. The van der Waals surface area contributed by atoms with Gasteiger partial charge in [-0.15, -0.1) is 0 Å². The van der Waals surface area contributed by atoms with Crippen LogP contribution in [-0.4, -0.2) is 31.8 Å². The first-order valence-electron chi connectivity index (χ1n) is 2.94. The van der Waals surface area contributed by atoms with Gasteiger partial charge < -0.3 is 20.9 Å². The molecule has 0 fully saturated rings. The molecule has 4 N–H and O–H groups in total. The van der Waals surface area contributed by atoms with Gasteiger partial charge in [-0.1, -0.05) is 0 Å². The second-order valence-corrected chi connectivity index (χ2v) is 1.59. The average Bonchev–Trinajstić information content (AvgIpc) is 1.97. The Morgan fingerprint density at radius 3 is 2.18 bits per heavy atom. The van der Waals surface area contributed by atoms with Gasteiger partial charge in [0.25, 0.3) is 0 Å². The van der Waals surface area contributed by atoms with Crippen molar-refractivity contribution in [2.45, 2.75) is 0 Å². The normalized spacial score (nSPS) is 8.82. The minimum absolute atomic E-state index is 0.0149. The smallest absolute Gasteiger partial charge is 0.404 e. The summed E-state index contributed by atoms with van der Waals surface area (Å²) < 4.78 is 8.70. The summed E-state index contributed by atoms with van der Waals surface area (Å²) in [4.78, 5) is 20.3. The zero-order valence-corrected chi connectivity index (χ0v) is 5.91. The maximum Gasteiger partial charge on any atom is 0.404 e. The Morgan fingerprint density at radius 2 is 1.73 bits per heavy atom. The summed E-state index contributed by atoms with van der Waals surface area (Å²) in [6, 6.07) is 0. The van der Waals surface area contributed by atoms with Crippen LogP contribution in [0.15, 0.2) is 0 Å². The fourth-order valence-electron chi connectivity index (χ4n) is 0.357. The second kappa shape index (κ2) is 5.48. The van der Waals surface area contributed by atoms with Crippen LogP contribution in [0.1, 0.15) is 0 Å². The third kappa shape index (κ3) is 6.59. The van der Waals surface area contributed by atoms with E-state index in [4.69, 9.17) is 5.73 Å². The topological polar surface area (TPSA) is 105 Å². The number of amides is 1. The Morgan fingerprint density at radius 1 is 1.18 bits per heavy atom. The molecule has 0 saturated carbocycles. The molecule has 11 heavy (non-hydrogen) atoms. The monoisotopic (exact) mass is 162 g/mol. The van der Waals surface area contributed by atoms with E-state index in [1.54, 1.807) is 0 Å². The first kappa shape index (κ1) is 9.70. The SMILES string of the molecule is NCC(=O)OCCOC(N)=O. The highest BCUT2D eigenvalue weighted by Crippen LogP contribution is 1.78. The lowest BCUT2D eigenvalue weighted by Crippen LogP contribution is -2.21. The van der Waals surface area contributed by atoms with Crippen LogP contribution >= 0.6 is 0 Å². The van der Waals surface area contributed by atoms with E-state index in [2.05, 4.69) is 15.2 Å². The Kier molecular flexibility index (Phi) is 4.83. The van der Waals surface area contributed by atoms with E-state index in [0.29, 0.717) is 0 Å². The quantitative estimate of drug-likeness (QED) is 0.390. The van der Waals surface area contributed by atoms with E-state index in [1.807, 2.05) is 0 Å². The van der Waals surface area contributed by atoms with Crippen molar-refractivity contribution in [3.63, 3.8) is 0 Å². The van der Waals surface area contributed by atoms with E-state index in [9.17, 15) is 9.59 Å². The summed E-state index contributed by atoms with van der Waals surface area (Å²) in [6.45, 7) is -0.239. The van der Waals surface area contributed by atoms with Gasteiger partial charge in [-0.3, -0.25) is 4.79 Å². The second-order valence-electron chi connectivity index (χ2n) is 1.59. The standard InChI is InChI=1S/C5H10N2O4/c6-3-4(8)10-1-2-11-5(7)9/h1-3,6H2,(H2,7,9). The first-order chi connectivity index (χ1) is 5.16. The molecule has 0 aliphatic carbocycles. The molecule has 0 spiro atoms. The number of nitrogens with two attached hydrogens (primary N) is 2. The van der Waals surface area contributed by atoms with Crippen LogP contribution in [0.5, 0.6) is 0 Å².